The van der Waals surface area contributed by atoms with E-state index in [9.17, 15) is 14.4 Å². The molecular formula is C21H30N4O3. The van der Waals surface area contributed by atoms with E-state index in [1.165, 1.54) is 10.5 Å². The molecule has 1 aromatic carbocycles. The number of amides is 4. The van der Waals surface area contributed by atoms with Crippen molar-refractivity contribution in [3.8, 4) is 0 Å². The number of nitrogens with two attached hydrogens (primary N) is 1. The highest BCUT2D eigenvalue weighted by Crippen LogP contribution is 2.31. The van der Waals surface area contributed by atoms with Crippen molar-refractivity contribution in [3.05, 3.63) is 35.4 Å². The summed E-state index contributed by atoms with van der Waals surface area (Å²) in [4.78, 5) is 40.2. The molecule has 2 saturated heterocycles. The van der Waals surface area contributed by atoms with Crippen LogP contribution in [-0.4, -0.2) is 47.4 Å². The second-order valence-electron chi connectivity index (χ2n) is 9.05. The molecule has 2 heterocycles. The van der Waals surface area contributed by atoms with Crippen LogP contribution in [0, 0.1) is 5.92 Å². The van der Waals surface area contributed by atoms with E-state index in [1.807, 2.05) is 29.2 Å². The van der Waals surface area contributed by atoms with Gasteiger partial charge in [-0.05, 0) is 36.3 Å². The molecule has 1 aromatic rings. The standard InChI is InChI=1S/C21H30N4O3/c1-20(2,3)15-5-7-16(8-6-15)21(4)18(27)25(19(28)23-21)13-24-11-9-14(10-12-24)17(22)26/h5-8,14H,9-13H2,1-4H3,(H2,22,26)(H,23,28). The van der Waals surface area contributed by atoms with Gasteiger partial charge < -0.3 is 11.1 Å². The van der Waals surface area contributed by atoms with Crippen molar-refractivity contribution < 1.29 is 14.4 Å². The quantitative estimate of drug-likeness (QED) is 0.773. The van der Waals surface area contributed by atoms with Gasteiger partial charge in [0, 0.05) is 19.0 Å². The number of nitrogens with one attached hydrogen (secondary N) is 1. The number of benzene rings is 1. The summed E-state index contributed by atoms with van der Waals surface area (Å²) in [6.45, 7) is 9.66. The number of nitrogens with zero attached hydrogens (tertiary/aromatic N) is 2. The topological polar surface area (TPSA) is 95.7 Å². The van der Waals surface area contributed by atoms with Gasteiger partial charge in [0.05, 0.1) is 6.67 Å². The van der Waals surface area contributed by atoms with E-state index >= 15 is 0 Å². The molecule has 2 aliphatic rings. The van der Waals surface area contributed by atoms with Crippen molar-refractivity contribution in [1.82, 2.24) is 15.1 Å². The first-order valence-corrected chi connectivity index (χ1v) is 9.79. The number of rotatable bonds is 4. The summed E-state index contributed by atoms with van der Waals surface area (Å²) in [7, 11) is 0. The predicted octanol–water partition coefficient (Wildman–Crippen LogP) is 1.91. The molecule has 4 amide bonds. The molecule has 0 bridgehead atoms. The van der Waals surface area contributed by atoms with Crippen molar-refractivity contribution in [2.75, 3.05) is 19.8 Å². The van der Waals surface area contributed by atoms with Gasteiger partial charge in [0.2, 0.25) is 5.91 Å². The first-order chi connectivity index (χ1) is 13.0. The van der Waals surface area contributed by atoms with E-state index < -0.39 is 5.54 Å². The number of hydrogen-bond acceptors (Lipinski definition) is 4. The van der Waals surface area contributed by atoms with Crippen LogP contribution in [0.3, 0.4) is 0 Å². The molecule has 7 heteroatoms. The van der Waals surface area contributed by atoms with Gasteiger partial charge in [0.25, 0.3) is 5.91 Å². The number of carbonyl (C=O) groups is 3. The fourth-order valence-electron chi connectivity index (χ4n) is 3.88. The molecule has 1 unspecified atom stereocenters. The van der Waals surface area contributed by atoms with E-state index in [1.54, 1.807) is 6.92 Å². The molecule has 2 fully saturated rings. The Bertz CT molecular complexity index is 776. The second kappa shape index (κ2) is 7.20. The zero-order valence-corrected chi connectivity index (χ0v) is 17.1. The highest BCUT2D eigenvalue weighted by Gasteiger charge is 2.49. The third-order valence-electron chi connectivity index (χ3n) is 5.93. The Morgan fingerprint density at radius 3 is 2.25 bits per heavy atom. The highest BCUT2D eigenvalue weighted by molar-refractivity contribution is 6.07. The molecule has 28 heavy (non-hydrogen) atoms. The summed E-state index contributed by atoms with van der Waals surface area (Å²) in [5.41, 5.74) is 6.26. The van der Waals surface area contributed by atoms with Crippen LogP contribution in [-0.2, 0) is 20.5 Å². The lowest BCUT2D eigenvalue weighted by molar-refractivity contribution is -0.133. The fourth-order valence-corrected chi connectivity index (χ4v) is 3.88. The van der Waals surface area contributed by atoms with Crippen LogP contribution in [0.2, 0.25) is 0 Å². The van der Waals surface area contributed by atoms with Crippen LogP contribution in [0.1, 0.15) is 51.7 Å². The van der Waals surface area contributed by atoms with Gasteiger partial charge in [-0.25, -0.2) is 9.69 Å². The van der Waals surface area contributed by atoms with E-state index in [-0.39, 0.29) is 35.8 Å². The van der Waals surface area contributed by atoms with Crippen LogP contribution in [0.4, 0.5) is 4.79 Å². The van der Waals surface area contributed by atoms with E-state index in [4.69, 9.17) is 5.73 Å². The maximum Gasteiger partial charge on any atom is 0.326 e. The number of urea groups is 1. The van der Waals surface area contributed by atoms with Crippen molar-refractivity contribution in [2.24, 2.45) is 11.7 Å². The van der Waals surface area contributed by atoms with Gasteiger partial charge in [-0.15, -0.1) is 0 Å². The molecular weight excluding hydrogens is 356 g/mol. The van der Waals surface area contributed by atoms with Crippen molar-refractivity contribution in [3.63, 3.8) is 0 Å². The average Bonchev–Trinajstić information content (AvgIpc) is 2.86. The van der Waals surface area contributed by atoms with Gasteiger partial charge in [0.1, 0.15) is 5.54 Å². The van der Waals surface area contributed by atoms with E-state index in [2.05, 4.69) is 26.1 Å². The van der Waals surface area contributed by atoms with Gasteiger partial charge in [0.15, 0.2) is 0 Å². The number of likely N-dealkylation sites (tertiary alicyclic amines) is 1. The lowest BCUT2D eigenvalue weighted by atomic mass is 9.84. The molecule has 0 aliphatic carbocycles. The minimum Gasteiger partial charge on any atom is -0.369 e. The Labute approximate surface area is 166 Å². The Morgan fingerprint density at radius 2 is 1.75 bits per heavy atom. The summed E-state index contributed by atoms with van der Waals surface area (Å²) in [5.74, 6) is -0.648. The Kier molecular flexibility index (Phi) is 5.23. The average molecular weight is 386 g/mol. The molecule has 152 valence electrons. The zero-order chi connectivity index (χ0) is 20.7. The third-order valence-corrected chi connectivity index (χ3v) is 5.93. The molecule has 1 atom stereocenters. The molecule has 0 aromatic heterocycles. The van der Waals surface area contributed by atoms with Crippen LogP contribution >= 0.6 is 0 Å². The molecule has 7 nitrogen and oxygen atoms in total. The minimum atomic E-state index is -1.07. The predicted molar refractivity (Wildman–Crippen MR) is 106 cm³/mol. The minimum absolute atomic E-state index is 0.0193. The molecule has 0 saturated carbocycles. The zero-order valence-electron chi connectivity index (χ0n) is 17.1. The summed E-state index contributed by atoms with van der Waals surface area (Å²) >= 11 is 0. The van der Waals surface area contributed by atoms with Crippen LogP contribution in [0.5, 0.6) is 0 Å². The van der Waals surface area contributed by atoms with Crippen molar-refractivity contribution in [2.45, 2.75) is 51.5 Å². The van der Waals surface area contributed by atoms with Gasteiger partial charge in [-0.1, -0.05) is 45.0 Å². The van der Waals surface area contributed by atoms with Gasteiger partial charge in [-0.3, -0.25) is 14.5 Å². The lowest BCUT2D eigenvalue weighted by Crippen LogP contribution is -2.47. The molecule has 3 rings (SSSR count). The molecule has 0 spiro atoms. The maximum absolute atomic E-state index is 13.1. The first kappa shape index (κ1) is 20.3. The first-order valence-electron chi connectivity index (χ1n) is 9.79. The fraction of sp³-hybridized carbons (Fsp3) is 0.571. The number of primary amides is 1. The smallest absolute Gasteiger partial charge is 0.326 e. The van der Waals surface area contributed by atoms with Crippen LogP contribution < -0.4 is 11.1 Å². The monoisotopic (exact) mass is 386 g/mol. The number of carbonyl (C=O) groups excluding carboxylic acids is 3. The number of piperidine rings is 1. The van der Waals surface area contributed by atoms with E-state index in [0.29, 0.717) is 25.9 Å². The highest BCUT2D eigenvalue weighted by atomic mass is 16.2. The second-order valence-corrected chi connectivity index (χ2v) is 9.05. The normalized spacial score (nSPS) is 24.5. The maximum atomic E-state index is 13.1. The summed E-state index contributed by atoms with van der Waals surface area (Å²) in [6.07, 6.45) is 1.31. The summed E-state index contributed by atoms with van der Waals surface area (Å²) in [6, 6.07) is 7.47. The van der Waals surface area contributed by atoms with Crippen molar-refractivity contribution in [1.29, 1.82) is 0 Å². The van der Waals surface area contributed by atoms with Gasteiger partial charge >= 0.3 is 6.03 Å². The van der Waals surface area contributed by atoms with Crippen LogP contribution in [0.15, 0.2) is 24.3 Å². The van der Waals surface area contributed by atoms with E-state index in [0.717, 1.165) is 5.56 Å². The molecule has 0 radical (unpaired) electrons. The number of hydrogen-bond donors (Lipinski definition) is 2. The Morgan fingerprint density at radius 1 is 1.18 bits per heavy atom. The van der Waals surface area contributed by atoms with Gasteiger partial charge in [-0.2, -0.15) is 0 Å². The Hall–Kier alpha value is -2.41. The Balaban J connectivity index is 1.71. The summed E-state index contributed by atoms with van der Waals surface area (Å²) in [5, 5.41) is 2.86. The summed E-state index contributed by atoms with van der Waals surface area (Å²) < 4.78 is 0. The largest absolute Gasteiger partial charge is 0.369 e. The number of imide groups is 1. The molecule has 3 N–H and O–H groups in total. The SMILES string of the molecule is CC(C)(C)c1ccc(C2(C)NC(=O)N(CN3CCC(C(N)=O)CC3)C2=O)cc1. The molecule has 2 aliphatic heterocycles. The van der Waals surface area contributed by atoms with Crippen molar-refractivity contribution >= 4 is 17.8 Å². The lowest BCUT2D eigenvalue weighted by Gasteiger charge is -2.32. The third kappa shape index (κ3) is 3.76. The van der Waals surface area contributed by atoms with Crippen LogP contribution in [0.25, 0.3) is 0 Å².